The van der Waals surface area contributed by atoms with Gasteiger partial charge in [-0.3, -0.25) is 0 Å². The summed E-state index contributed by atoms with van der Waals surface area (Å²) >= 11 is 0. The fraction of sp³-hybridized carbons (Fsp3) is 0.333. The van der Waals surface area contributed by atoms with Crippen LogP contribution in [0.25, 0.3) is 0 Å². The van der Waals surface area contributed by atoms with Gasteiger partial charge in [0, 0.05) is 23.9 Å². The molecule has 0 unspecified atom stereocenters. The van der Waals surface area contributed by atoms with Gasteiger partial charge in [-0.05, 0) is 6.07 Å². The highest BCUT2D eigenvalue weighted by Crippen LogP contribution is 2.30. The van der Waals surface area contributed by atoms with Crippen LogP contribution in [0.4, 0.5) is 8.78 Å². The quantitative estimate of drug-likeness (QED) is 0.613. The molecule has 0 aliphatic rings. The molecule has 0 saturated heterocycles. The van der Waals surface area contributed by atoms with Crippen molar-refractivity contribution in [3.8, 4) is 5.75 Å². The van der Waals surface area contributed by atoms with Gasteiger partial charge in [-0.1, -0.05) is 0 Å². The third kappa shape index (κ3) is 3.79. The van der Waals surface area contributed by atoms with Crippen molar-refractivity contribution in [3.63, 3.8) is 0 Å². The number of rotatable bonds is 5. The van der Waals surface area contributed by atoms with Gasteiger partial charge in [0.05, 0.1) is 6.61 Å². The van der Waals surface area contributed by atoms with Crippen LogP contribution in [-0.4, -0.2) is 28.7 Å². The zero-order valence-electron chi connectivity index (χ0n) is 8.74. The predicted molar refractivity (Wildman–Crippen MR) is 56.8 cm³/mol. The van der Waals surface area contributed by atoms with Crippen LogP contribution in [-0.2, 0) is 13.8 Å². The zero-order chi connectivity index (χ0) is 13.1. The normalized spacial score (nSPS) is 11.5. The number of ether oxygens (including phenoxy) is 2. The Morgan fingerprint density at radius 3 is 2.47 bits per heavy atom. The van der Waals surface area contributed by atoms with Crippen LogP contribution in [0, 0.1) is 11.6 Å². The fourth-order valence-corrected chi connectivity index (χ4v) is 2.06. The summed E-state index contributed by atoms with van der Waals surface area (Å²) in [4.78, 5) is -0.743. The number of methoxy groups -OCH3 is 1. The van der Waals surface area contributed by atoms with Gasteiger partial charge in [0.25, 0.3) is 9.05 Å². The number of halogens is 3. The Bertz CT molecular complexity index is 504. The molecule has 0 atom stereocenters. The summed E-state index contributed by atoms with van der Waals surface area (Å²) in [5.74, 6) is -2.81. The topological polar surface area (TPSA) is 52.6 Å². The highest BCUT2D eigenvalue weighted by atomic mass is 35.7. The molecule has 1 rings (SSSR count). The maximum Gasteiger partial charge on any atom is 0.265 e. The molecular formula is C9H9ClF2O4S. The van der Waals surface area contributed by atoms with Crippen molar-refractivity contribution >= 4 is 19.7 Å². The first-order valence-corrected chi connectivity index (χ1v) is 6.72. The van der Waals surface area contributed by atoms with Crippen LogP contribution in [0.3, 0.4) is 0 Å². The van der Waals surface area contributed by atoms with Crippen LogP contribution < -0.4 is 4.74 Å². The first-order chi connectivity index (χ1) is 7.86. The molecule has 0 aliphatic carbocycles. The van der Waals surface area contributed by atoms with Gasteiger partial charge in [-0.25, -0.2) is 17.2 Å². The van der Waals surface area contributed by atoms with Gasteiger partial charge in [0.15, 0.2) is 11.6 Å². The van der Waals surface area contributed by atoms with Crippen LogP contribution in [0.15, 0.2) is 17.0 Å². The minimum absolute atomic E-state index is 0.0849. The number of hydrogen-bond acceptors (Lipinski definition) is 4. The predicted octanol–water partition coefficient (Wildman–Crippen LogP) is 1.92. The Labute approximate surface area is 102 Å². The molecule has 0 aromatic heterocycles. The van der Waals surface area contributed by atoms with E-state index < -0.39 is 31.3 Å². The first-order valence-electron chi connectivity index (χ1n) is 4.41. The van der Waals surface area contributed by atoms with Crippen molar-refractivity contribution in [2.24, 2.45) is 0 Å². The second-order valence-corrected chi connectivity index (χ2v) is 5.53. The highest BCUT2D eigenvalue weighted by molar-refractivity contribution is 8.13. The van der Waals surface area contributed by atoms with Crippen LogP contribution >= 0.6 is 10.7 Å². The summed E-state index contributed by atoms with van der Waals surface area (Å²) in [5.41, 5.74) is 0. The van der Waals surface area contributed by atoms with E-state index in [1.165, 1.54) is 7.11 Å². The Hall–Kier alpha value is -0.920. The molecule has 1 aromatic rings. The molecular weight excluding hydrogens is 278 g/mol. The minimum Gasteiger partial charge on any atom is -0.487 e. The average Bonchev–Trinajstić information content (AvgIpc) is 2.19. The SMILES string of the molecule is COCCOc1c(F)cc(F)cc1S(=O)(=O)Cl. The third-order valence-electron chi connectivity index (χ3n) is 1.77. The van der Waals surface area contributed by atoms with Gasteiger partial charge in [0.1, 0.15) is 17.3 Å². The molecule has 0 radical (unpaired) electrons. The van der Waals surface area contributed by atoms with Crippen molar-refractivity contribution < 1.29 is 26.7 Å². The molecule has 0 spiro atoms. The number of benzene rings is 1. The van der Waals surface area contributed by atoms with E-state index in [1.54, 1.807) is 0 Å². The molecule has 0 heterocycles. The molecule has 17 heavy (non-hydrogen) atoms. The summed E-state index contributed by atoms with van der Waals surface area (Å²) in [7, 11) is 2.15. The van der Waals surface area contributed by atoms with E-state index in [1.807, 2.05) is 0 Å². The van der Waals surface area contributed by atoms with E-state index in [2.05, 4.69) is 4.74 Å². The standard InChI is InChI=1S/C9H9ClF2O4S/c1-15-2-3-16-9-7(12)4-6(11)5-8(9)17(10,13)14/h4-5H,2-3H2,1H3. The molecule has 96 valence electrons. The largest absolute Gasteiger partial charge is 0.487 e. The molecule has 8 heteroatoms. The van der Waals surface area contributed by atoms with Crippen molar-refractivity contribution in [1.29, 1.82) is 0 Å². The van der Waals surface area contributed by atoms with Crippen molar-refractivity contribution in [1.82, 2.24) is 0 Å². The van der Waals surface area contributed by atoms with Gasteiger partial charge in [0.2, 0.25) is 0 Å². The fourth-order valence-electron chi connectivity index (χ4n) is 1.08. The lowest BCUT2D eigenvalue weighted by molar-refractivity contribution is 0.142. The monoisotopic (exact) mass is 286 g/mol. The first kappa shape index (κ1) is 14.1. The average molecular weight is 287 g/mol. The Balaban J connectivity index is 3.17. The molecule has 0 amide bonds. The van der Waals surface area contributed by atoms with Crippen molar-refractivity contribution in [2.45, 2.75) is 4.90 Å². The van der Waals surface area contributed by atoms with E-state index in [4.69, 9.17) is 15.4 Å². The third-order valence-corrected chi connectivity index (χ3v) is 3.10. The highest BCUT2D eigenvalue weighted by Gasteiger charge is 2.22. The lowest BCUT2D eigenvalue weighted by Crippen LogP contribution is -2.09. The zero-order valence-corrected chi connectivity index (χ0v) is 10.3. The van der Waals surface area contributed by atoms with Gasteiger partial charge in [-0.15, -0.1) is 0 Å². The van der Waals surface area contributed by atoms with Crippen LogP contribution in [0.2, 0.25) is 0 Å². The van der Waals surface area contributed by atoms with E-state index in [-0.39, 0.29) is 13.2 Å². The summed E-state index contributed by atoms with van der Waals surface area (Å²) in [5, 5.41) is 0. The Kier molecular flexibility index (Phi) is 4.67. The second kappa shape index (κ2) is 5.61. The minimum atomic E-state index is -4.29. The molecule has 0 N–H and O–H groups in total. The van der Waals surface area contributed by atoms with E-state index >= 15 is 0 Å². The summed E-state index contributed by atoms with van der Waals surface area (Å²) < 4.78 is 58.0. The molecule has 0 saturated carbocycles. The molecule has 4 nitrogen and oxygen atoms in total. The maximum atomic E-state index is 13.3. The molecule has 0 fully saturated rings. The van der Waals surface area contributed by atoms with Gasteiger partial charge >= 0.3 is 0 Å². The van der Waals surface area contributed by atoms with Crippen molar-refractivity contribution in [3.05, 3.63) is 23.8 Å². The molecule has 1 aromatic carbocycles. The second-order valence-electron chi connectivity index (χ2n) is 2.99. The van der Waals surface area contributed by atoms with Gasteiger partial charge in [-0.2, -0.15) is 0 Å². The van der Waals surface area contributed by atoms with Crippen LogP contribution in [0.5, 0.6) is 5.75 Å². The smallest absolute Gasteiger partial charge is 0.265 e. The lowest BCUT2D eigenvalue weighted by atomic mass is 10.3. The van der Waals surface area contributed by atoms with E-state index in [0.717, 1.165) is 0 Å². The van der Waals surface area contributed by atoms with Gasteiger partial charge < -0.3 is 9.47 Å². The maximum absolute atomic E-state index is 13.3. The summed E-state index contributed by atoms with van der Waals surface area (Å²) in [6.07, 6.45) is 0. The van der Waals surface area contributed by atoms with Crippen LogP contribution in [0.1, 0.15) is 0 Å². The Morgan fingerprint density at radius 2 is 1.94 bits per heavy atom. The number of hydrogen-bond donors (Lipinski definition) is 0. The summed E-state index contributed by atoms with van der Waals surface area (Å²) in [6.45, 7) is 0.0387. The Morgan fingerprint density at radius 1 is 1.29 bits per heavy atom. The lowest BCUT2D eigenvalue weighted by Gasteiger charge is -2.10. The molecule has 0 aliphatic heterocycles. The molecule has 0 bridgehead atoms. The summed E-state index contributed by atoms with van der Waals surface area (Å²) in [6, 6.07) is 1.10. The van der Waals surface area contributed by atoms with E-state index in [0.29, 0.717) is 12.1 Å². The van der Waals surface area contributed by atoms with Crippen molar-refractivity contribution in [2.75, 3.05) is 20.3 Å². The van der Waals surface area contributed by atoms with E-state index in [9.17, 15) is 17.2 Å².